The summed E-state index contributed by atoms with van der Waals surface area (Å²) in [4.78, 5) is 37.2. The number of carboxylic acids is 1. The van der Waals surface area contributed by atoms with Crippen LogP contribution in [0.2, 0.25) is 0 Å². The zero-order chi connectivity index (χ0) is 37.3. The smallest absolute Gasteiger partial charge is 0.332 e. The molecule has 0 saturated heterocycles. The largest absolute Gasteiger partial charge is 0.481 e. The first-order chi connectivity index (χ1) is 22.9. The Hall–Kier alpha value is -1.89. The second kappa shape index (κ2) is 13.2. The highest BCUT2D eigenvalue weighted by atomic mass is 16.6. The summed E-state index contributed by atoms with van der Waals surface area (Å²) in [6, 6.07) is 0. The van der Waals surface area contributed by atoms with Crippen molar-refractivity contribution in [2.24, 2.45) is 62.1 Å². The van der Waals surface area contributed by atoms with Gasteiger partial charge in [-0.1, -0.05) is 46.8 Å². The van der Waals surface area contributed by atoms with Gasteiger partial charge in [-0.3, -0.25) is 9.59 Å². The third-order valence-corrected chi connectivity index (χ3v) is 16.0. The molecule has 0 aromatic carbocycles. The highest BCUT2D eigenvalue weighted by molar-refractivity contribution is 5.81. The molecule has 5 fully saturated rings. The quantitative estimate of drug-likeness (QED) is 0.138. The van der Waals surface area contributed by atoms with E-state index in [-0.39, 0.29) is 52.2 Å². The summed E-state index contributed by atoms with van der Waals surface area (Å²) in [5.74, 6) is 1.15. The molecule has 5 saturated carbocycles. The zero-order valence-electron chi connectivity index (χ0n) is 33.5. The topological polar surface area (TPSA) is 99.1 Å². The van der Waals surface area contributed by atoms with Crippen molar-refractivity contribution in [3.63, 3.8) is 0 Å². The van der Waals surface area contributed by atoms with Crippen molar-refractivity contribution in [3.05, 3.63) is 12.2 Å². The highest BCUT2D eigenvalue weighted by Crippen LogP contribution is 2.78. The van der Waals surface area contributed by atoms with Crippen molar-refractivity contribution in [3.8, 4) is 0 Å². The number of ether oxygens (including phenoxy) is 3. The summed E-state index contributed by atoms with van der Waals surface area (Å²) in [6.07, 6.45) is 12.2. The van der Waals surface area contributed by atoms with Gasteiger partial charge < -0.3 is 19.3 Å². The molecule has 0 unspecified atom stereocenters. The molecule has 10 atom stereocenters. The summed E-state index contributed by atoms with van der Waals surface area (Å²) in [5.41, 5.74) is 0.320. The number of hydrogen-bond donors (Lipinski definition) is 1. The number of hydrogen-bond acceptors (Lipinski definition) is 6. The molecular weight excluding hydrogens is 628 g/mol. The van der Waals surface area contributed by atoms with E-state index in [0.717, 1.165) is 25.7 Å². The van der Waals surface area contributed by atoms with E-state index in [2.05, 4.69) is 48.1 Å². The fraction of sp³-hybridized carbons (Fsp3) is 0.884. The monoisotopic (exact) mass is 699 g/mol. The molecule has 7 heteroatoms. The number of allylic oxidation sites excluding steroid dienone is 1. The lowest BCUT2D eigenvalue weighted by Crippen LogP contribution is -2.66. The maximum Gasteiger partial charge on any atom is 0.332 e. The summed E-state index contributed by atoms with van der Waals surface area (Å²) >= 11 is 0. The second-order valence-electron chi connectivity index (χ2n) is 20.6. The first-order valence-electron chi connectivity index (χ1n) is 19.8. The molecule has 5 aliphatic carbocycles. The molecule has 0 radical (unpaired) electrons. The highest BCUT2D eigenvalue weighted by Gasteiger charge is 2.71. The second-order valence-corrected chi connectivity index (χ2v) is 20.6. The number of carbonyl (C=O) groups is 3. The van der Waals surface area contributed by atoms with Gasteiger partial charge in [0.15, 0.2) is 0 Å². The maximum atomic E-state index is 13.1. The molecular formula is C43H70O7. The van der Waals surface area contributed by atoms with Crippen LogP contribution in [-0.4, -0.2) is 47.9 Å². The average molecular weight is 699 g/mol. The molecule has 0 bridgehead atoms. The van der Waals surface area contributed by atoms with Gasteiger partial charge in [-0.25, -0.2) is 4.79 Å². The molecule has 7 nitrogen and oxygen atoms in total. The van der Waals surface area contributed by atoms with Crippen LogP contribution >= 0.6 is 0 Å². The SMILES string of the molecule is C=C(C)[C@@H]1CC[C@]2(CCOCC(=O)OC(C)(C)C)CC[C@]3(C)[C@H](CC[C@@H]4[C@@]5(C)CC[C@H](OC(=O)CC(C)(C)C(=O)O)C(C)(C)[C@@H]5CC[C@]43C)[C@@H]12. The van der Waals surface area contributed by atoms with E-state index in [9.17, 15) is 19.5 Å². The van der Waals surface area contributed by atoms with Crippen molar-refractivity contribution in [1.82, 2.24) is 0 Å². The van der Waals surface area contributed by atoms with Crippen LogP contribution in [-0.2, 0) is 28.6 Å². The number of aliphatic carboxylic acids is 1. The van der Waals surface area contributed by atoms with Gasteiger partial charge in [0.05, 0.1) is 11.8 Å². The third-order valence-electron chi connectivity index (χ3n) is 16.0. The van der Waals surface area contributed by atoms with Crippen LogP contribution in [0.5, 0.6) is 0 Å². The van der Waals surface area contributed by atoms with E-state index in [4.69, 9.17) is 14.2 Å². The first-order valence-corrected chi connectivity index (χ1v) is 19.8. The standard InChI is InChI=1S/C43H70O7/c1-27(2)28-15-20-43(23-24-48-26-34(45)50-37(3,4)5)22-21-41(11)29(35(28)43)13-14-31-40(10)18-17-32(49-33(44)25-38(6,7)36(46)47)39(8,9)30(40)16-19-42(31,41)12/h28-32,35H,1,13-26H2,2-12H3,(H,46,47)/t28-,29+,30-,31+,32-,35+,40-,41+,42+,43+/m0/s1. The Balaban J connectivity index is 1.34. The van der Waals surface area contributed by atoms with Gasteiger partial charge in [-0.05, 0) is 163 Å². The Labute approximate surface area is 303 Å². The van der Waals surface area contributed by atoms with Crippen LogP contribution in [0.1, 0.15) is 153 Å². The van der Waals surface area contributed by atoms with Crippen LogP contribution in [0.4, 0.5) is 0 Å². The average Bonchev–Trinajstić information content (AvgIpc) is 3.36. The van der Waals surface area contributed by atoms with Gasteiger partial charge in [0, 0.05) is 12.0 Å². The molecule has 1 N–H and O–H groups in total. The number of esters is 2. The summed E-state index contributed by atoms with van der Waals surface area (Å²) in [6.45, 7) is 28.8. The van der Waals surface area contributed by atoms with Gasteiger partial charge in [0.2, 0.25) is 0 Å². The number of carboxylic acid groups (broad SMARTS) is 1. The van der Waals surface area contributed by atoms with E-state index in [0.29, 0.717) is 36.2 Å². The molecule has 0 amide bonds. The van der Waals surface area contributed by atoms with Gasteiger partial charge in [-0.2, -0.15) is 0 Å². The van der Waals surface area contributed by atoms with Gasteiger partial charge >= 0.3 is 17.9 Å². The Kier molecular flexibility index (Phi) is 10.4. The lowest BCUT2D eigenvalue weighted by atomic mass is 9.32. The van der Waals surface area contributed by atoms with Crippen molar-refractivity contribution in [2.45, 2.75) is 165 Å². The first kappa shape index (κ1) is 39.3. The minimum Gasteiger partial charge on any atom is -0.481 e. The molecule has 0 aromatic rings. The predicted octanol–water partition coefficient (Wildman–Crippen LogP) is 9.81. The Morgan fingerprint density at radius 1 is 0.800 bits per heavy atom. The van der Waals surface area contributed by atoms with Gasteiger partial charge in [-0.15, -0.1) is 0 Å². The van der Waals surface area contributed by atoms with E-state index in [1.54, 1.807) is 13.8 Å². The minimum absolute atomic E-state index is 0.0132. The van der Waals surface area contributed by atoms with Gasteiger partial charge in [0.25, 0.3) is 0 Å². The normalized spacial score (nSPS) is 40.8. The fourth-order valence-electron chi connectivity index (χ4n) is 13.3. The molecule has 0 heterocycles. The summed E-state index contributed by atoms with van der Waals surface area (Å²) < 4.78 is 17.7. The maximum absolute atomic E-state index is 13.1. The van der Waals surface area contributed by atoms with Crippen LogP contribution in [0, 0.1) is 62.1 Å². The Bertz CT molecular complexity index is 1340. The van der Waals surface area contributed by atoms with Gasteiger partial charge in [0.1, 0.15) is 18.3 Å². The van der Waals surface area contributed by atoms with E-state index in [1.165, 1.54) is 50.5 Å². The van der Waals surface area contributed by atoms with Crippen molar-refractivity contribution in [2.75, 3.05) is 13.2 Å². The van der Waals surface area contributed by atoms with E-state index >= 15 is 0 Å². The lowest BCUT2D eigenvalue weighted by Gasteiger charge is -2.73. The third kappa shape index (κ3) is 6.61. The molecule has 50 heavy (non-hydrogen) atoms. The van der Waals surface area contributed by atoms with Crippen LogP contribution < -0.4 is 0 Å². The van der Waals surface area contributed by atoms with Crippen LogP contribution in [0.15, 0.2) is 12.2 Å². The molecule has 284 valence electrons. The molecule has 5 rings (SSSR count). The molecule has 5 aliphatic rings. The van der Waals surface area contributed by atoms with Crippen LogP contribution in [0.3, 0.4) is 0 Å². The fourth-order valence-corrected chi connectivity index (χ4v) is 13.3. The van der Waals surface area contributed by atoms with E-state index in [1.807, 2.05) is 20.8 Å². The molecule has 0 spiro atoms. The number of rotatable bonds is 10. The zero-order valence-corrected chi connectivity index (χ0v) is 33.5. The van der Waals surface area contributed by atoms with Crippen molar-refractivity contribution >= 4 is 17.9 Å². The lowest BCUT2D eigenvalue weighted by molar-refractivity contribution is -0.251. The molecule has 0 aliphatic heterocycles. The van der Waals surface area contributed by atoms with Crippen molar-refractivity contribution < 1.29 is 33.7 Å². The molecule has 0 aromatic heterocycles. The Morgan fingerprint density at radius 3 is 2.10 bits per heavy atom. The Morgan fingerprint density at radius 2 is 1.48 bits per heavy atom. The van der Waals surface area contributed by atoms with Crippen LogP contribution in [0.25, 0.3) is 0 Å². The summed E-state index contributed by atoms with van der Waals surface area (Å²) in [7, 11) is 0. The predicted molar refractivity (Wildman–Crippen MR) is 196 cm³/mol. The van der Waals surface area contributed by atoms with Crippen molar-refractivity contribution in [1.29, 1.82) is 0 Å². The summed E-state index contributed by atoms with van der Waals surface area (Å²) in [5, 5.41) is 9.59. The number of carbonyl (C=O) groups excluding carboxylic acids is 2. The minimum atomic E-state index is -1.14. The number of fused-ring (bicyclic) bond motifs is 7. The van der Waals surface area contributed by atoms with E-state index < -0.39 is 23.0 Å².